The van der Waals surface area contributed by atoms with Gasteiger partial charge in [-0.3, -0.25) is 0 Å². The molecule has 1 atom stereocenters. The van der Waals surface area contributed by atoms with Crippen LogP contribution < -0.4 is 0 Å². The predicted molar refractivity (Wildman–Crippen MR) is 46.4 cm³/mol. The Balaban J connectivity index is 2.86. The van der Waals surface area contributed by atoms with Gasteiger partial charge in [-0.15, -0.1) is 0 Å². The highest BCUT2D eigenvalue weighted by Crippen LogP contribution is 2.31. The van der Waals surface area contributed by atoms with Gasteiger partial charge in [0.1, 0.15) is 6.33 Å². The molecule has 1 rings (SSSR count). The maximum atomic E-state index is 9.78. The first-order chi connectivity index (χ1) is 5.52. The molecule has 3 nitrogen and oxygen atoms in total. The van der Waals surface area contributed by atoms with Crippen molar-refractivity contribution in [3.63, 3.8) is 0 Å². The SMILES string of the molecule is CC(C)(C)[C@H](O)c1cncnc1. The second-order valence-electron chi connectivity index (χ2n) is 3.94. The normalized spacial score (nSPS) is 14.3. The lowest BCUT2D eigenvalue weighted by molar-refractivity contribution is 0.0620. The van der Waals surface area contributed by atoms with Crippen molar-refractivity contribution in [2.45, 2.75) is 26.9 Å². The third-order valence-electron chi connectivity index (χ3n) is 1.72. The van der Waals surface area contributed by atoms with Gasteiger partial charge in [0, 0.05) is 18.0 Å². The minimum Gasteiger partial charge on any atom is -0.388 e. The lowest BCUT2D eigenvalue weighted by Crippen LogP contribution is -2.18. The quantitative estimate of drug-likeness (QED) is 0.688. The largest absolute Gasteiger partial charge is 0.388 e. The van der Waals surface area contributed by atoms with Crippen LogP contribution in [0.1, 0.15) is 32.4 Å². The number of aliphatic hydroxyl groups is 1. The number of hydrogen-bond acceptors (Lipinski definition) is 3. The van der Waals surface area contributed by atoms with Crippen LogP contribution in [0.3, 0.4) is 0 Å². The molecule has 12 heavy (non-hydrogen) atoms. The Kier molecular flexibility index (Phi) is 2.43. The van der Waals surface area contributed by atoms with Crippen molar-refractivity contribution in [1.29, 1.82) is 0 Å². The summed E-state index contributed by atoms with van der Waals surface area (Å²) >= 11 is 0. The molecule has 0 saturated carbocycles. The van der Waals surface area contributed by atoms with E-state index in [1.54, 1.807) is 12.4 Å². The topological polar surface area (TPSA) is 46.0 Å². The Hall–Kier alpha value is -0.960. The zero-order valence-corrected chi connectivity index (χ0v) is 7.65. The highest BCUT2D eigenvalue weighted by molar-refractivity contribution is 5.09. The molecule has 1 N–H and O–H groups in total. The molecule has 0 fully saturated rings. The number of nitrogens with zero attached hydrogens (tertiary/aromatic N) is 2. The minimum atomic E-state index is -0.501. The second-order valence-corrected chi connectivity index (χ2v) is 3.94. The molecule has 0 amide bonds. The Morgan fingerprint density at radius 3 is 2.17 bits per heavy atom. The highest BCUT2D eigenvalue weighted by atomic mass is 16.3. The smallest absolute Gasteiger partial charge is 0.115 e. The molecule has 0 aromatic carbocycles. The van der Waals surface area contributed by atoms with E-state index in [2.05, 4.69) is 9.97 Å². The van der Waals surface area contributed by atoms with Crippen LogP contribution >= 0.6 is 0 Å². The number of hydrogen-bond donors (Lipinski definition) is 1. The molecular weight excluding hydrogens is 152 g/mol. The van der Waals surface area contributed by atoms with Crippen molar-refractivity contribution in [3.05, 3.63) is 24.3 Å². The third-order valence-corrected chi connectivity index (χ3v) is 1.72. The van der Waals surface area contributed by atoms with Crippen LogP contribution in [0.2, 0.25) is 0 Å². The Bertz CT molecular complexity index is 240. The summed E-state index contributed by atoms with van der Waals surface area (Å²) in [4.78, 5) is 7.70. The minimum absolute atomic E-state index is 0.162. The Morgan fingerprint density at radius 2 is 1.75 bits per heavy atom. The lowest BCUT2D eigenvalue weighted by Gasteiger charge is -2.25. The van der Waals surface area contributed by atoms with Gasteiger partial charge >= 0.3 is 0 Å². The van der Waals surface area contributed by atoms with E-state index >= 15 is 0 Å². The number of aliphatic hydroxyl groups excluding tert-OH is 1. The molecule has 0 saturated heterocycles. The Morgan fingerprint density at radius 1 is 1.25 bits per heavy atom. The summed E-state index contributed by atoms with van der Waals surface area (Å²) in [6.07, 6.45) is 4.24. The molecule has 3 heteroatoms. The number of rotatable bonds is 1. The van der Waals surface area contributed by atoms with Crippen molar-refractivity contribution in [2.24, 2.45) is 5.41 Å². The first kappa shape index (κ1) is 9.13. The molecule has 0 radical (unpaired) electrons. The fourth-order valence-electron chi connectivity index (χ4n) is 0.952. The van der Waals surface area contributed by atoms with E-state index in [1.165, 1.54) is 6.33 Å². The van der Waals surface area contributed by atoms with Crippen molar-refractivity contribution in [1.82, 2.24) is 9.97 Å². The summed E-state index contributed by atoms with van der Waals surface area (Å²) in [7, 11) is 0. The van der Waals surface area contributed by atoms with Crippen LogP contribution in [0.15, 0.2) is 18.7 Å². The third kappa shape index (κ3) is 2.01. The van der Waals surface area contributed by atoms with E-state index in [0.717, 1.165) is 5.56 Å². The molecule has 1 heterocycles. The molecule has 1 aromatic rings. The van der Waals surface area contributed by atoms with Crippen molar-refractivity contribution in [2.75, 3.05) is 0 Å². The molecule has 0 bridgehead atoms. The van der Waals surface area contributed by atoms with Gasteiger partial charge in [-0.25, -0.2) is 9.97 Å². The zero-order valence-electron chi connectivity index (χ0n) is 7.65. The first-order valence-electron chi connectivity index (χ1n) is 3.95. The summed E-state index contributed by atoms with van der Waals surface area (Å²) in [5.74, 6) is 0. The van der Waals surface area contributed by atoms with Crippen LogP contribution in [0.25, 0.3) is 0 Å². The molecular formula is C9H14N2O. The molecule has 0 unspecified atom stereocenters. The van der Waals surface area contributed by atoms with E-state index < -0.39 is 6.10 Å². The maximum Gasteiger partial charge on any atom is 0.115 e. The van der Waals surface area contributed by atoms with Crippen LogP contribution in [0.5, 0.6) is 0 Å². The van der Waals surface area contributed by atoms with E-state index in [9.17, 15) is 5.11 Å². The molecule has 1 aromatic heterocycles. The fourth-order valence-corrected chi connectivity index (χ4v) is 0.952. The van der Waals surface area contributed by atoms with Crippen LogP contribution in [-0.4, -0.2) is 15.1 Å². The second kappa shape index (κ2) is 3.19. The summed E-state index contributed by atoms with van der Waals surface area (Å²) in [6.45, 7) is 5.93. The van der Waals surface area contributed by atoms with Gasteiger partial charge in [0.05, 0.1) is 6.10 Å². The van der Waals surface area contributed by atoms with Crippen LogP contribution in [0, 0.1) is 5.41 Å². The zero-order chi connectivity index (χ0) is 9.19. The van der Waals surface area contributed by atoms with E-state index in [0.29, 0.717) is 0 Å². The first-order valence-corrected chi connectivity index (χ1v) is 3.95. The summed E-state index contributed by atoms with van der Waals surface area (Å²) in [6, 6.07) is 0. The highest BCUT2D eigenvalue weighted by Gasteiger charge is 2.23. The van der Waals surface area contributed by atoms with Crippen molar-refractivity contribution < 1.29 is 5.11 Å². The van der Waals surface area contributed by atoms with Gasteiger partial charge in [0.15, 0.2) is 0 Å². The maximum absolute atomic E-state index is 9.78. The summed E-state index contributed by atoms with van der Waals surface area (Å²) in [5, 5.41) is 9.78. The van der Waals surface area contributed by atoms with Crippen LogP contribution in [0.4, 0.5) is 0 Å². The van der Waals surface area contributed by atoms with Gasteiger partial charge in [0.25, 0.3) is 0 Å². The molecule has 0 aliphatic rings. The van der Waals surface area contributed by atoms with Crippen LogP contribution in [-0.2, 0) is 0 Å². The Labute approximate surface area is 72.5 Å². The monoisotopic (exact) mass is 166 g/mol. The molecule has 0 aliphatic heterocycles. The molecule has 0 spiro atoms. The van der Waals surface area contributed by atoms with Gasteiger partial charge in [-0.1, -0.05) is 20.8 Å². The lowest BCUT2D eigenvalue weighted by atomic mass is 9.86. The van der Waals surface area contributed by atoms with E-state index in [-0.39, 0.29) is 5.41 Å². The number of aromatic nitrogens is 2. The summed E-state index contributed by atoms with van der Waals surface area (Å²) < 4.78 is 0. The summed E-state index contributed by atoms with van der Waals surface area (Å²) in [5.41, 5.74) is 0.607. The average molecular weight is 166 g/mol. The van der Waals surface area contributed by atoms with Crippen molar-refractivity contribution >= 4 is 0 Å². The van der Waals surface area contributed by atoms with E-state index in [1.807, 2.05) is 20.8 Å². The van der Waals surface area contributed by atoms with Gasteiger partial charge in [-0.05, 0) is 5.41 Å². The standard InChI is InChI=1S/C9H14N2O/c1-9(2,3)8(12)7-4-10-6-11-5-7/h4-6,8,12H,1-3H3/t8-/m1/s1. The van der Waals surface area contributed by atoms with Gasteiger partial charge in [-0.2, -0.15) is 0 Å². The average Bonchev–Trinajstić information content (AvgIpc) is 2.03. The molecule has 0 aliphatic carbocycles. The van der Waals surface area contributed by atoms with Gasteiger partial charge < -0.3 is 5.11 Å². The molecule has 66 valence electrons. The van der Waals surface area contributed by atoms with E-state index in [4.69, 9.17) is 0 Å². The van der Waals surface area contributed by atoms with Crippen molar-refractivity contribution in [3.8, 4) is 0 Å². The predicted octanol–water partition coefficient (Wildman–Crippen LogP) is 1.56. The van der Waals surface area contributed by atoms with Gasteiger partial charge in [0.2, 0.25) is 0 Å². The fraction of sp³-hybridized carbons (Fsp3) is 0.556.